The molecule has 1 heteroatoms. The predicted octanol–water partition coefficient (Wildman–Crippen LogP) is 7.44. The minimum absolute atomic E-state index is 0.860. The van der Waals surface area contributed by atoms with Crippen LogP contribution < -0.4 is 5.73 Å². The highest BCUT2D eigenvalue weighted by atomic mass is 14.5. The van der Waals surface area contributed by atoms with Gasteiger partial charge in [0.1, 0.15) is 0 Å². The van der Waals surface area contributed by atoms with Crippen molar-refractivity contribution in [1.82, 2.24) is 0 Å². The topological polar surface area (TPSA) is 26.0 Å². The highest BCUT2D eigenvalue weighted by Crippen LogP contribution is 2.42. The van der Waals surface area contributed by atoms with Crippen molar-refractivity contribution in [2.45, 2.75) is 39.0 Å². The molecule has 0 saturated heterocycles. The van der Waals surface area contributed by atoms with Crippen LogP contribution in [0.3, 0.4) is 0 Å². The lowest BCUT2D eigenvalue weighted by Crippen LogP contribution is -1.93. The molecule has 0 radical (unpaired) electrons. The highest BCUT2D eigenvalue weighted by molar-refractivity contribution is 6.34. The van der Waals surface area contributed by atoms with Gasteiger partial charge in [-0.25, -0.2) is 0 Å². The third kappa shape index (κ3) is 2.45. The van der Waals surface area contributed by atoms with E-state index in [-0.39, 0.29) is 0 Å². The van der Waals surface area contributed by atoms with Crippen LogP contribution in [0.5, 0.6) is 0 Å². The van der Waals surface area contributed by atoms with Crippen LogP contribution in [0.1, 0.15) is 38.2 Å². The van der Waals surface area contributed by atoms with Crippen molar-refractivity contribution in [1.29, 1.82) is 0 Å². The molecule has 0 amide bonds. The zero-order valence-electron chi connectivity index (χ0n) is 15.9. The Morgan fingerprint density at radius 3 is 1.93 bits per heavy atom. The molecule has 0 aliphatic carbocycles. The van der Waals surface area contributed by atoms with Crippen LogP contribution in [0.25, 0.3) is 43.1 Å². The number of aryl methyl sites for hydroxylation is 1. The van der Waals surface area contributed by atoms with Crippen LogP contribution in [0.15, 0.2) is 60.7 Å². The van der Waals surface area contributed by atoms with Gasteiger partial charge in [0, 0.05) is 11.1 Å². The van der Waals surface area contributed by atoms with E-state index < -0.39 is 0 Å². The zero-order chi connectivity index (χ0) is 18.4. The number of rotatable bonds is 5. The fourth-order valence-corrected chi connectivity index (χ4v) is 4.75. The van der Waals surface area contributed by atoms with Gasteiger partial charge in [-0.2, -0.15) is 0 Å². The smallest absolute Gasteiger partial charge is 0.0394 e. The van der Waals surface area contributed by atoms with E-state index in [2.05, 4.69) is 67.6 Å². The first-order valence-corrected chi connectivity index (χ1v) is 10.2. The number of nitrogen functional groups attached to an aromatic ring is 1. The van der Waals surface area contributed by atoms with Crippen molar-refractivity contribution >= 4 is 48.8 Å². The van der Waals surface area contributed by atoms with E-state index in [1.807, 2.05) is 0 Å². The lowest BCUT2D eigenvalue weighted by molar-refractivity contribution is 0.668. The van der Waals surface area contributed by atoms with E-state index in [1.54, 1.807) is 0 Å². The van der Waals surface area contributed by atoms with E-state index in [1.165, 1.54) is 75.4 Å². The van der Waals surface area contributed by atoms with E-state index in [9.17, 15) is 0 Å². The Morgan fingerprint density at radius 1 is 0.593 bits per heavy atom. The molecule has 0 aromatic heterocycles. The molecule has 5 aromatic rings. The minimum Gasteiger partial charge on any atom is -0.398 e. The quantitative estimate of drug-likeness (QED) is 0.151. The van der Waals surface area contributed by atoms with Gasteiger partial charge in [-0.1, -0.05) is 80.8 Å². The second kappa shape index (κ2) is 6.42. The molecule has 0 fully saturated rings. The summed E-state index contributed by atoms with van der Waals surface area (Å²) >= 11 is 0. The summed E-state index contributed by atoms with van der Waals surface area (Å²) in [6, 6.07) is 22.3. The molecule has 0 saturated carbocycles. The molecule has 0 spiro atoms. The first-order chi connectivity index (χ1) is 13.3. The number of benzene rings is 5. The largest absolute Gasteiger partial charge is 0.398 e. The van der Waals surface area contributed by atoms with Gasteiger partial charge in [-0.3, -0.25) is 0 Å². The number of unbranched alkanes of at least 4 members (excludes halogenated alkanes) is 3. The molecule has 5 aromatic carbocycles. The second-order valence-corrected chi connectivity index (χ2v) is 7.74. The standard InChI is InChI=1S/C26H25N/c1-2-3-4-5-8-17-13-14-21-22-15-16-24(27)23-12-7-11-20(26(22)23)19-10-6-9-18(17)25(19)21/h6-7,9-16H,2-5,8,27H2,1H3. The maximum absolute atomic E-state index is 6.29. The van der Waals surface area contributed by atoms with Gasteiger partial charge in [0.25, 0.3) is 0 Å². The molecule has 0 atom stereocenters. The van der Waals surface area contributed by atoms with Crippen LogP contribution in [0.2, 0.25) is 0 Å². The van der Waals surface area contributed by atoms with E-state index in [4.69, 9.17) is 5.73 Å². The maximum atomic E-state index is 6.29. The minimum atomic E-state index is 0.860. The van der Waals surface area contributed by atoms with Gasteiger partial charge in [-0.05, 0) is 62.2 Å². The molecule has 0 unspecified atom stereocenters. The van der Waals surface area contributed by atoms with E-state index in [0.29, 0.717) is 0 Å². The fourth-order valence-electron chi connectivity index (χ4n) is 4.75. The Labute approximate surface area is 160 Å². The first-order valence-electron chi connectivity index (χ1n) is 10.2. The van der Waals surface area contributed by atoms with Crippen molar-refractivity contribution in [2.75, 3.05) is 5.73 Å². The van der Waals surface area contributed by atoms with Crippen LogP contribution in [0, 0.1) is 0 Å². The molecular formula is C26H25N. The summed E-state index contributed by atoms with van der Waals surface area (Å²) in [4.78, 5) is 0. The average molecular weight is 351 g/mol. The third-order valence-electron chi connectivity index (χ3n) is 6.09. The summed E-state index contributed by atoms with van der Waals surface area (Å²) in [6.45, 7) is 2.27. The fraction of sp³-hybridized carbons (Fsp3) is 0.231. The van der Waals surface area contributed by atoms with Gasteiger partial charge in [0.05, 0.1) is 0 Å². The number of fused-ring (bicyclic) bond motifs is 2. The normalized spacial score (nSPS) is 12.0. The van der Waals surface area contributed by atoms with Gasteiger partial charge < -0.3 is 5.73 Å². The lowest BCUT2D eigenvalue weighted by atomic mass is 9.87. The Hall–Kier alpha value is -2.80. The molecule has 0 aliphatic rings. The van der Waals surface area contributed by atoms with Crippen LogP contribution in [-0.4, -0.2) is 0 Å². The molecule has 1 nitrogen and oxygen atoms in total. The molecule has 5 rings (SSSR count). The molecule has 27 heavy (non-hydrogen) atoms. The molecule has 0 aliphatic heterocycles. The monoisotopic (exact) mass is 351 g/mol. The summed E-state index contributed by atoms with van der Waals surface area (Å²) in [5.41, 5.74) is 8.64. The summed E-state index contributed by atoms with van der Waals surface area (Å²) in [7, 11) is 0. The van der Waals surface area contributed by atoms with Crippen LogP contribution in [-0.2, 0) is 6.42 Å². The molecule has 0 heterocycles. The van der Waals surface area contributed by atoms with Crippen molar-refractivity contribution < 1.29 is 0 Å². The average Bonchev–Trinajstić information content (AvgIpc) is 2.71. The Balaban J connectivity index is 1.83. The number of anilines is 1. The van der Waals surface area contributed by atoms with Gasteiger partial charge >= 0.3 is 0 Å². The van der Waals surface area contributed by atoms with Crippen molar-refractivity contribution in [3.05, 3.63) is 66.2 Å². The SMILES string of the molecule is CCCCCCc1ccc2c3ccc(N)c4cccc(c5cccc1c52)c43. The number of nitrogens with two attached hydrogens (primary N) is 1. The lowest BCUT2D eigenvalue weighted by Gasteiger charge is -2.17. The van der Waals surface area contributed by atoms with E-state index >= 15 is 0 Å². The zero-order valence-corrected chi connectivity index (χ0v) is 15.9. The van der Waals surface area contributed by atoms with Gasteiger partial charge in [-0.15, -0.1) is 0 Å². The summed E-state index contributed by atoms with van der Waals surface area (Å²) in [5, 5.41) is 10.6. The molecule has 2 N–H and O–H groups in total. The molecule has 0 bridgehead atoms. The number of hydrogen-bond acceptors (Lipinski definition) is 1. The first kappa shape index (κ1) is 16.4. The van der Waals surface area contributed by atoms with Crippen LogP contribution in [0.4, 0.5) is 5.69 Å². The summed E-state index contributed by atoms with van der Waals surface area (Å²) < 4.78 is 0. The van der Waals surface area contributed by atoms with Crippen LogP contribution >= 0.6 is 0 Å². The Bertz CT molecular complexity index is 1250. The predicted molar refractivity (Wildman–Crippen MR) is 120 cm³/mol. The summed E-state index contributed by atoms with van der Waals surface area (Å²) in [5.74, 6) is 0. The van der Waals surface area contributed by atoms with Crippen molar-refractivity contribution in [3.63, 3.8) is 0 Å². The molecular weight excluding hydrogens is 326 g/mol. The molecule has 134 valence electrons. The van der Waals surface area contributed by atoms with Crippen molar-refractivity contribution in [3.8, 4) is 0 Å². The third-order valence-corrected chi connectivity index (χ3v) is 6.09. The number of hydrogen-bond donors (Lipinski definition) is 1. The Kier molecular flexibility index (Phi) is 3.89. The Morgan fingerprint density at radius 2 is 1.19 bits per heavy atom. The summed E-state index contributed by atoms with van der Waals surface area (Å²) in [6.07, 6.45) is 6.38. The van der Waals surface area contributed by atoms with Gasteiger partial charge in [0.15, 0.2) is 0 Å². The maximum Gasteiger partial charge on any atom is 0.0394 e. The highest BCUT2D eigenvalue weighted by Gasteiger charge is 2.15. The van der Waals surface area contributed by atoms with E-state index in [0.717, 1.165) is 11.1 Å². The van der Waals surface area contributed by atoms with Gasteiger partial charge in [0.2, 0.25) is 0 Å². The van der Waals surface area contributed by atoms with Crippen molar-refractivity contribution in [2.24, 2.45) is 0 Å². The second-order valence-electron chi connectivity index (χ2n) is 7.74.